The number of hydrogen-bond acceptors (Lipinski definition) is 1. The summed E-state index contributed by atoms with van der Waals surface area (Å²) in [7, 11) is 0. The van der Waals surface area contributed by atoms with E-state index in [-0.39, 0.29) is 28.7 Å². The van der Waals surface area contributed by atoms with Crippen LogP contribution in [0, 0.1) is 17.5 Å². The first-order chi connectivity index (χ1) is 11.0. The quantitative estimate of drug-likeness (QED) is 0.799. The highest BCUT2D eigenvalue weighted by Gasteiger charge is 2.35. The lowest BCUT2D eigenvalue weighted by Crippen LogP contribution is -2.33. The molecule has 0 aromatic heterocycles. The fourth-order valence-electron chi connectivity index (χ4n) is 2.43. The van der Waals surface area contributed by atoms with E-state index in [1.165, 1.54) is 35.2 Å². The molecule has 1 aliphatic carbocycles. The van der Waals surface area contributed by atoms with Crippen LogP contribution in [0.2, 0.25) is 5.02 Å². The molecule has 2 aromatic carbocycles. The monoisotopic (exact) mass is 339 g/mol. The minimum atomic E-state index is -1.19. The van der Waals surface area contributed by atoms with Crippen molar-refractivity contribution in [1.82, 2.24) is 4.90 Å². The van der Waals surface area contributed by atoms with E-state index in [4.69, 9.17) is 11.6 Å². The van der Waals surface area contributed by atoms with Crippen molar-refractivity contribution in [3.63, 3.8) is 0 Å². The van der Waals surface area contributed by atoms with Gasteiger partial charge in [-0.3, -0.25) is 4.79 Å². The van der Waals surface area contributed by atoms with Crippen molar-refractivity contribution < 1.29 is 18.0 Å². The van der Waals surface area contributed by atoms with Gasteiger partial charge in [-0.05, 0) is 37.1 Å². The first-order valence-corrected chi connectivity index (χ1v) is 7.54. The zero-order valence-electron chi connectivity index (χ0n) is 12.0. The van der Waals surface area contributed by atoms with Crippen LogP contribution >= 0.6 is 11.6 Å². The maximum Gasteiger partial charge on any atom is 0.257 e. The summed E-state index contributed by atoms with van der Waals surface area (Å²) in [5, 5.41) is 0.197. The summed E-state index contributed by atoms with van der Waals surface area (Å²) in [6.07, 6.45) is 1.49. The van der Waals surface area contributed by atoms with Crippen molar-refractivity contribution in [2.45, 2.75) is 25.4 Å². The molecule has 0 bridgehead atoms. The number of nitrogens with zero attached hydrogens (tertiary/aromatic N) is 1. The Morgan fingerprint density at radius 2 is 1.74 bits per heavy atom. The van der Waals surface area contributed by atoms with E-state index in [9.17, 15) is 18.0 Å². The van der Waals surface area contributed by atoms with Gasteiger partial charge in [0.2, 0.25) is 0 Å². The molecule has 3 rings (SSSR count). The van der Waals surface area contributed by atoms with Crippen molar-refractivity contribution in [3.8, 4) is 0 Å². The van der Waals surface area contributed by atoms with Crippen molar-refractivity contribution in [3.05, 3.63) is 70.0 Å². The molecule has 0 N–H and O–H groups in total. The van der Waals surface area contributed by atoms with Crippen molar-refractivity contribution in [2.24, 2.45) is 0 Å². The normalized spacial score (nSPS) is 13.9. The highest BCUT2D eigenvalue weighted by Crippen LogP contribution is 2.32. The Hall–Kier alpha value is -2.01. The van der Waals surface area contributed by atoms with Gasteiger partial charge >= 0.3 is 0 Å². The second-order valence-corrected chi connectivity index (χ2v) is 5.87. The topological polar surface area (TPSA) is 20.3 Å². The fraction of sp³-hybridized carbons (Fsp3) is 0.235. The molecule has 1 amide bonds. The summed E-state index contributed by atoms with van der Waals surface area (Å²) >= 11 is 5.99. The van der Waals surface area contributed by atoms with Gasteiger partial charge in [0.25, 0.3) is 5.91 Å². The zero-order valence-corrected chi connectivity index (χ0v) is 12.8. The van der Waals surface area contributed by atoms with Gasteiger partial charge < -0.3 is 4.90 Å². The van der Waals surface area contributed by atoms with Crippen LogP contribution in [0.5, 0.6) is 0 Å². The van der Waals surface area contributed by atoms with E-state index in [1.54, 1.807) is 0 Å². The molecule has 0 aliphatic heterocycles. The molecule has 23 heavy (non-hydrogen) atoms. The van der Waals surface area contributed by atoms with Gasteiger partial charge in [-0.15, -0.1) is 0 Å². The predicted octanol–water partition coefficient (Wildman–Crippen LogP) is 4.56. The third-order valence-corrected chi connectivity index (χ3v) is 4.17. The lowest BCUT2D eigenvalue weighted by atomic mass is 10.1. The highest BCUT2D eigenvalue weighted by molar-refractivity contribution is 6.31. The Balaban J connectivity index is 1.93. The van der Waals surface area contributed by atoms with Crippen LogP contribution in [-0.4, -0.2) is 16.8 Å². The standard InChI is InChI=1S/C17H13ClF3NO/c18-13-4-2-5-14(19)12(13)9-22(10-7-8-10)17(23)11-3-1-6-15(20)16(11)21/h1-6,10H,7-9H2. The van der Waals surface area contributed by atoms with Gasteiger partial charge in [-0.2, -0.15) is 0 Å². The summed E-state index contributed by atoms with van der Waals surface area (Å²) in [5.74, 6) is -3.47. The molecular weight excluding hydrogens is 327 g/mol. The lowest BCUT2D eigenvalue weighted by molar-refractivity contribution is 0.0722. The average molecular weight is 340 g/mol. The lowest BCUT2D eigenvalue weighted by Gasteiger charge is -2.23. The van der Waals surface area contributed by atoms with E-state index >= 15 is 0 Å². The van der Waals surface area contributed by atoms with E-state index < -0.39 is 23.4 Å². The summed E-state index contributed by atoms with van der Waals surface area (Å²) in [6, 6.07) is 7.57. The maximum absolute atomic E-state index is 13.9. The van der Waals surface area contributed by atoms with E-state index in [0.29, 0.717) is 0 Å². The van der Waals surface area contributed by atoms with Crippen LogP contribution in [0.1, 0.15) is 28.8 Å². The van der Waals surface area contributed by atoms with Gasteiger partial charge in [0.1, 0.15) is 5.82 Å². The predicted molar refractivity (Wildman–Crippen MR) is 80.7 cm³/mol. The number of benzene rings is 2. The first-order valence-electron chi connectivity index (χ1n) is 7.17. The van der Waals surface area contributed by atoms with Gasteiger partial charge in [0.15, 0.2) is 11.6 Å². The molecule has 2 aromatic rings. The van der Waals surface area contributed by atoms with Gasteiger partial charge in [0.05, 0.1) is 12.1 Å². The molecule has 0 radical (unpaired) electrons. The molecule has 2 nitrogen and oxygen atoms in total. The minimum absolute atomic E-state index is 0.0784. The molecule has 0 atom stereocenters. The third kappa shape index (κ3) is 3.20. The molecule has 1 saturated carbocycles. The second-order valence-electron chi connectivity index (χ2n) is 5.47. The molecule has 0 spiro atoms. The van der Waals surface area contributed by atoms with Crippen molar-refractivity contribution in [2.75, 3.05) is 0 Å². The van der Waals surface area contributed by atoms with Crippen LogP contribution in [0.15, 0.2) is 36.4 Å². The number of hydrogen-bond donors (Lipinski definition) is 0. The van der Waals surface area contributed by atoms with E-state index in [0.717, 1.165) is 18.9 Å². The van der Waals surface area contributed by atoms with E-state index in [1.807, 2.05) is 0 Å². The maximum atomic E-state index is 13.9. The summed E-state index contributed by atoms with van der Waals surface area (Å²) < 4.78 is 41.2. The molecule has 0 saturated heterocycles. The molecule has 1 aliphatic rings. The zero-order chi connectivity index (χ0) is 16.6. The molecule has 0 heterocycles. The second kappa shape index (κ2) is 6.24. The number of carbonyl (C=O) groups is 1. The summed E-state index contributed by atoms with van der Waals surface area (Å²) in [4.78, 5) is 13.9. The Kier molecular flexibility index (Phi) is 4.31. The van der Waals surface area contributed by atoms with Gasteiger partial charge in [-0.25, -0.2) is 13.2 Å². The minimum Gasteiger partial charge on any atom is -0.331 e. The molecule has 0 unspecified atom stereocenters. The van der Waals surface area contributed by atoms with Crippen LogP contribution in [0.3, 0.4) is 0 Å². The SMILES string of the molecule is O=C(c1cccc(F)c1F)N(Cc1c(F)cccc1Cl)C1CC1. The van der Waals surface area contributed by atoms with Crippen LogP contribution < -0.4 is 0 Å². The molecule has 120 valence electrons. The number of rotatable bonds is 4. The largest absolute Gasteiger partial charge is 0.331 e. The van der Waals surface area contributed by atoms with E-state index in [2.05, 4.69) is 0 Å². The first kappa shape index (κ1) is 15.9. The van der Waals surface area contributed by atoms with Crippen LogP contribution in [0.4, 0.5) is 13.2 Å². The number of amides is 1. The Labute approximate surface area is 136 Å². The number of carbonyl (C=O) groups excluding carboxylic acids is 1. The Morgan fingerprint density at radius 3 is 2.39 bits per heavy atom. The average Bonchev–Trinajstić information content (AvgIpc) is 3.34. The van der Waals surface area contributed by atoms with Crippen LogP contribution in [-0.2, 0) is 6.54 Å². The molecular formula is C17H13ClF3NO. The Bertz CT molecular complexity index is 741. The van der Waals surface area contributed by atoms with Crippen LogP contribution in [0.25, 0.3) is 0 Å². The van der Waals surface area contributed by atoms with Crippen molar-refractivity contribution >= 4 is 17.5 Å². The molecule has 6 heteroatoms. The smallest absolute Gasteiger partial charge is 0.257 e. The summed E-state index contributed by atoms with van der Waals surface area (Å²) in [6.45, 7) is -0.0784. The molecule has 1 fully saturated rings. The summed E-state index contributed by atoms with van der Waals surface area (Å²) in [5.41, 5.74) is -0.185. The fourth-order valence-corrected chi connectivity index (χ4v) is 2.65. The van der Waals surface area contributed by atoms with Crippen molar-refractivity contribution in [1.29, 1.82) is 0 Å². The third-order valence-electron chi connectivity index (χ3n) is 3.82. The van der Waals surface area contributed by atoms with Gasteiger partial charge in [0, 0.05) is 16.6 Å². The van der Waals surface area contributed by atoms with Gasteiger partial charge in [-0.1, -0.05) is 23.7 Å². The Morgan fingerprint density at radius 1 is 1.09 bits per heavy atom. The number of halogens is 4. The highest BCUT2D eigenvalue weighted by atomic mass is 35.5.